The van der Waals surface area contributed by atoms with Crippen molar-refractivity contribution in [2.75, 3.05) is 19.7 Å². The van der Waals surface area contributed by atoms with Gasteiger partial charge < -0.3 is 20.3 Å². The molecule has 124 valence electrons. The van der Waals surface area contributed by atoms with Gasteiger partial charge in [-0.3, -0.25) is 14.4 Å². The summed E-state index contributed by atoms with van der Waals surface area (Å²) in [5.41, 5.74) is -0.598. The second-order valence-electron chi connectivity index (χ2n) is 6.02. The van der Waals surface area contributed by atoms with E-state index in [1.54, 1.807) is 32.6 Å². The van der Waals surface area contributed by atoms with Crippen molar-refractivity contribution in [2.24, 2.45) is 5.41 Å². The van der Waals surface area contributed by atoms with Gasteiger partial charge in [-0.25, -0.2) is 0 Å². The maximum Gasteiger partial charge on any atom is 0.308 e. The molecule has 0 radical (unpaired) electrons. The summed E-state index contributed by atoms with van der Waals surface area (Å²) in [6, 6.07) is -0.763. The van der Waals surface area contributed by atoms with E-state index >= 15 is 0 Å². The highest BCUT2D eigenvalue weighted by Crippen LogP contribution is 2.15. The number of nitrogens with zero attached hydrogens (tertiary/aromatic N) is 1. The first-order valence-corrected chi connectivity index (χ1v) is 7.63. The molecule has 2 amide bonds. The van der Waals surface area contributed by atoms with E-state index in [0.29, 0.717) is 13.1 Å². The molecule has 1 rings (SSSR count). The maximum atomic E-state index is 12.0. The van der Waals surface area contributed by atoms with Crippen molar-refractivity contribution in [3.8, 4) is 0 Å². The van der Waals surface area contributed by atoms with Crippen LogP contribution in [-0.2, 0) is 19.1 Å². The Morgan fingerprint density at radius 1 is 1.45 bits per heavy atom. The Hall–Kier alpha value is -1.70. The van der Waals surface area contributed by atoms with Crippen LogP contribution in [-0.4, -0.2) is 53.5 Å². The van der Waals surface area contributed by atoms with E-state index in [1.807, 2.05) is 0 Å². The first kappa shape index (κ1) is 18.3. The zero-order valence-corrected chi connectivity index (χ0v) is 14.2. The summed E-state index contributed by atoms with van der Waals surface area (Å²) in [4.78, 5) is 37.2. The molecule has 0 bridgehead atoms. The van der Waals surface area contributed by atoms with Crippen LogP contribution in [0.4, 0.5) is 0 Å². The fourth-order valence-corrected chi connectivity index (χ4v) is 2.21. The average molecular weight is 329 g/mol. The molecule has 1 unspecified atom stereocenters. The Morgan fingerprint density at radius 3 is 2.64 bits per heavy atom. The van der Waals surface area contributed by atoms with Crippen molar-refractivity contribution >= 4 is 35.1 Å². The lowest BCUT2D eigenvalue weighted by atomic mass is 9.96. The average Bonchev–Trinajstić information content (AvgIpc) is 2.40. The van der Waals surface area contributed by atoms with Crippen molar-refractivity contribution in [2.45, 2.75) is 40.2 Å². The van der Waals surface area contributed by atoms with Crippen molar-refractivity contribution in [1.82, 2.24) is 15.5 Å². The molecule has 1 heterocycles. The molecule has 0 saturated carbocycles. The fraction of sp³-hybridized carbons (Fsp3) is 0.714. The largest absolute Gasteiger partial charge is 0.466 e. The molecule has 2 N–H and O–H groups in total. The van der Waals surface area contributed by atoms with Crippen LogP contribution in [0, 0.1) is 5.41 Å². The van der Waals surface area contributed by atoms with E-state index in [9.17, 15) is 14.4 Å². The lowest BCUT2D eigenvalue weighted by Gasteiger charge is -2.36. The van der Waals surface area contributed by atoms with Crippen LogP contribution in [0.3, 0.4) is 0 Å². The van der Waals surface area contributed by atoms with Crippen LogP contribution >= 0.6 is 12.2 Å². The lowest BCUT2D eigenvalue weighted by molar-refractivity contribution is -0.147. The third-order valence-corrected chi connectivity index (χ3v) is 3.50. The summed E-state index contributed by atoms with van der Waals surface area (Å²) in [5, 5.41) is 5.48. The van der Waals surface area contributed by atoms with Crippen LogP contribution in [0.25, 0.3) is 0 Å². The van der Waals surface area contributed by atoms with Gasteiger partial charge in [0, 0.05) is 18.5 Å². The molecule has 0 spiro atoms. The SMILES string of the molecule is CCOC(=O)CC1C(=O)NCCN1C(=S)NC(=O)C(C)(C)C. The van der Waals surface area contributed by atoms with Gasteiger partial charge in [-0.1, -0.05) is 20.8 Å². The normalized spacial score (nSPS) is 18.5. The molecule has 1 aliphatic heterocycles. The number of carbonyl (C=O) groups is 3. The molecule has 1 aliphatic rings. The number of ether oxygens (including phenoxy) is 1. The highest BCUT2D eigenvalue weighted by molar-refractivity contribution is 7.80. The molecule has 7 nitrogen and oxygen atoms in total. The van der Waals surface area contributed by atoms with Gasteiger partial charge in [-0.05, 0) is 19.1 Å². The minimum atomic E-state index is -0.763. The van der Waals surface area contributed by atoms with E-state index in [4.69, 9.17) is 17.0 Å². The number of esters is 1. The summed E-state index contributed by atoms with van der Waals surface area (Å²) in [6.07, 6.45) is -0.106. The Balaban J connectivity index is 2.79. The smallest absolute Gasteiger partial charge is 0.308 e. The van der Waals surface area contributed by atoms with Gasteiger partial charge in [-0.15, -0.1) is 0 Å². The van der Waals surface area contributed by atoms with Gasteiger partial charge in [0.05, 0.1) is 13.0 Å². The molecule has 22 heavy (non-hydrogen) atoms. The van der Waals surface area contributed by atoms with Crippen LogP contribution in [0.5, 0.6) is 0 Å². The topological polar surface area (TPSA) is 87.7 Å². The van der Waals surface area contributed by atoms with E-state index in [0.717, 1.165) is 0 Å². The molecular formula is C14H23N3O4S. The Labute approximate surface area is 135 Å². The first-order chi connectivity index (χ1) is 10.2. The second-order valence-corrected chi connectivity index (χ2v) is 6.41. The Bertz CT molecular complexity index is 473. The number of rotatable bonds is 3. The number of piperazine rings is 1. The number of nitrogens with one attached hydrogen (secondary N) is 2. The van der Waals surface area contributed by atoms with E-state index in [-0.39, 0.29) is 30.0 Å². The molecule has 1 atom stereocenters. The van der Waals surface area contributed by atoms with Crippen LogP contribution in [0.1, 0.15) is 34.1 Å². The van der Waals surface area contributed by atoms with Crippen molar-refractivity contribution in [3.63, 3.8) is 0 Å². The van der Waals surface area contributed by atoms with Gasteiger partial charge in [0.25, 0.3) is 0 Å². The molecule has 1 saturated heterocycles. The quantitative estimate of drug-likeness (QED) is 0.568. The Kier molecular flexibility index (Phi) is 6.28. The van der Waals surface area contributed by atoms with Gasteiger partial charge in [-0.2, -0.15) is 0 Å². The van der Waals surface area contributed by atoms with E-state index < -0.39 is 17.4 Å². The summed E-state index contributed by atoms with van der Waals surface area (Å²) in [6.45, 7) is 8.09. The summed E-state index contributed by atoms with van der Waals surface area (Å²) in [5.74, 6) is -1.01. The third-order valence-electron chi connectivity index (χ3n) is 3.16. The molecule has 0 aromatic rings. The van der Waals surface area contributed by atoms with Crippen molar-refractivity contribution in [1.29, 1.82) is 0 Å². The number of amides is 2. The van der Waals surface area contributed by atoms with Crippen molar-refractivity contribution < 1.29 is 19.1 Å². The van der Waals surface area contributed by atoms with Gasteiger partial charge in [0.15, 0.2) is 5.11 Å². The second kappa shape index (κ2) is 7.53. The van der Waals surface area contributed by atoms with Crippen LogP contribution in [0.2, 0.25) is 0 Å². The van der Waals surface area contributed by atoms with Crippen molar-refractivity contribution in [3.05, 3.63) is 0 Å². The minimum Gasteiger partial charge on any atom is -0.466 e. The lowest BCUT2D eigenvalue weighted by Crippen LogP contribution is -2.61. The molecule has 8 heteroatoms. The van der Waals surface area contributed by atoms with Gasteiger partial charge in [0.1, 0.15) is 6.04 Å². The fourth-order valence-electron chi connectivity index (χ4n) is 1.89. The van der Waals surface area contributed by atoms with E-state index in [1.165, 1.54) is 0 Å². The first-order valence-electron chi connectivity index (χ1n) is 7.22. The van der Waals surface area contributed by atoms with Gasteiger partial charge in [0.2, 0.25) is 11.8 Å². The Morgan fingerprint density at radius 2 is 2.09 bits per heavy atom. The number of thiocarbonyl (C=S) groups is 1. The predicted molar refractivity (Wildman–Crippen MR) is 84.9 cm³/mol. The zero-order chi connectivity index (χ0) is 16.9. The standard InChI is InChI=1S/C14H23N3O4S/c1-5-21-10(18)8-9-11(19)15-6-7-17(9)13(22)16-12(20)14(2,3)4/h9H,5-8H2,1-4H3,(H,15,19)(H,16,20,22). The summed E-state index contributed by atoms with van der Waals surface area (Å²) in [7, 11) is 0. The summed E-state index contributed by atoms with van der Waals surface area (Å²) < 4.78 is 4.88. The van der Waals surface area contributed by atoms with Gasteiger partial charge >= 0.3 is 5.97 Å². The number of hydrogen-bond acceptors (Lipinski definition) is 5. The van der Waals surface area contributed by atoms with Crippen LogP contribution in [0.15, 0.2) is 0 Å². The molecule has 1 fully saturated rings. The molecular weight excluding hydrogens is 306 g/mol. The molecule has 0 aliphatic carbocycles. The maximum absolute atomic E-state index is 12.0. The van der Waals surface area contributed by atoms with E-state index in [2.05, 4.69) is 10.6 Å². The summed E-state index contributed by atoms with van der Waals surface area (Å²) >= 11 is 5.23. The highest BCUT2D eigenvalue weighted by atomic mass is 32.1. The number of carbonyl (C=O) groups excluding carboxylic acids is 3. The monoisotopic (exact) mass is 329 g/mol. The molecule has 0 aromatic heterocycles. The zero-order valence-electron chi connectivity index (χ0n) is 13.4. The number of hydrogen-bond donors (Lipinski definition) is 2. The molecule has 0 aromatic carbocycles. The predicted octanol–water partition coefficient (Wildman–Crippen LogP) is 0.187. The third kappa shape index (κ3) is 4.94. The minimum absolute atomic E-state index is 0.106. The van der Waals surface area contributed by atoms with Crippen LogP contribution < -0.4 is 10.6 Å². The highest BCUT2D eigenvalue weighted by Gasteiger charge is 2.35.